The van der Waals surface area contributed by atoms with Crippen molar-refractivity contribution in [3.8, 4) is 11.8 Å². The van der Waals surface area contributed by atoms with E-state index in [1.165, 1.54) is 43.4 Å². The third-order valence-electron chi connectivity index (χ3n) is 9.66. The number of H-pyrrole nitrogens is 1. The second-order valence-corrected chi connectivity index (χ2v) is 13.3. The second kappa shape index (κ2) is 13.4. The van der Waals surface area contributed by atoms with E-state index < -0.39 is 11.7 Å². The zero-order valence-corrected chi connectivity index (χ0v) is 26.8. The van der Waals surface area contributed by atoms with E-state index in [1.807, 2.05) is 0 Å². The number of nitriles is 1. The molecule has 2 aromatic rings. The molecule has 236 valence electrons. The van der Waals surface area contributed by atoms with Gasteiger partial charge in [0.05, 0.1) is 16.8 Å². The molecule has 4 nitrogen and oxygen atoms in total. The van der Waals surface area contributed by atoms with Crippen LogP contribution in [0.1, 0.15) is 145 Å². The van der Waals surface area contributed by atoms with Crippen molar-refractivity contribution >= 4 is 11.5 Å². The Hall–Kier alpha value is -3.27. The highest BCUT2D eigenvalue weighted by atomic mass is 19.4. The summed E-state index contributed by atoms with van der Waals surface area (Å²) in [4.78, 5) is 9.08. The minimum Gasteiger partial charge on any atom is -0.453 e. The molecule has 1 aromatic heterocycles. The SMILES string of the molecule is CCC1=C(C(C)C)C(=C(Oc2ccc(C(F)(F)F)cc2)c2[nH]c(C3CCCCC3)c(C#N)c2C(C)C)N=C1C1CCCCC1. The second-order valence-electron chi connectivity index (χ2n) is 13.3. The number of halogens is 3. The molecular formula is C37H46F3N3O. The lowest BCUT2D eigenvalue weighted by molar-refractivity contribution is -0.137. The van der Waals surface area contributed by atoms with Crippen molar-refractivity contribution in [2.24, 2.45) is 16.8 Å². The van der Waals surface area contributed by atoms with E-state index >= 15 is 0 Å². The van der Waals surface area contributed by atoms with Gasteiger partial charge in [0.15, 0.2) is 5.76 Å². The lowest BCUT2D eigenvalue weighted by atomic mass is 9.81. The van der Waals surface area contributed by atoms with Gasteiger partial charge in [0, 0.05) is 28.8 Å². The average Bonchev–Trinajstić information content (AvgIpc) is 3.60. The number of nitrogens with one attached hydrogen (secondary N) is 1. The molecular weight excluding hydrogens is 559 g/mol. The first-order valence-corrected chi connectivity index (χ1v) is 16.6. The van der Waals surface area contributed by atoms with E-state index in [4.69, 9.17) is 9.73 Å². The molecule has 2 fully saturated rings. The van der Waals surface area contributed by atoms with Crippen molar-refractivity contribution in [2.45, 2.75) is 123 Å². The standard InChI is InChI=1S/C37H46F3N3O/c1-6-28-30(22(2)3)34(42-32(28)24-13-9-7-10-14-24)36(44-27-19-17-26(18-20-27)37(38,39)40)35-31(23(4)5)29(21-41)33(43-35)25-15-11-8-12-16-25/h17-20,22-25,43H,6-16H2,1-5H3. The number of benzene rings is 1. The van der Waals surface area contributed by atoms with Crippen LogP contribution in [0, 0.1) is 23.2 Å². The molecule has 44 heavy (non-hydrogen) atoms. The van der Waals surface area contributed by atoms with Crippen LogP contribution in [0.5, 0.6) is 5.75 Å². The van der Waals surface area contributed by atoms with E-state index in [0.717, 1.165) is 91.0 Å². The van der Waals surface area contributed by atoms with Crippen molar-refractivity contribution in [3.05, 3.63) is 69.2 Å². The maximum atomic E-state index is 13.4. The predicted molar refractivity (Wildman–Crippen MR) is 171 cm³/mol. The molecule has 7 heteroatoms. The molecule has 2 aliphatic carbocycles. The average molecular weight is 606 g/mol. The number of alkyl halides is 3. The zero-order chi connectivity index (χ0) is 31.6. The van der Waals surface area contributed by atoms with E-state index in [9.17, 15) is 18.4 Å². The summed E-state index contributed by atoms with van der Waals surface area (Å²) < 4.78 is 47.0. The lowest BCUT2D eigenvalue weighted by Gasteiger charge is -2.23. The smallest absolute Gasteiger partial charge is 0.416 e. The number of hydrogen-bond acceptors (Lipinski definition) is 3. The third kappa shape index (κ3) is 6.41. The van der Waals surface area contributed by atoms with Gasteiger partial charge in [-0.25, -0.2) is 4.99 Å². The Balaban J connectivity index is 1.77. The topological polar surface area (TPSA) is 61.2 Å². The van der Waals surface area contributed by atoms with Gasteiger partial charge in [-0.3, -0.25) is 0 Å². The van der Waals surface area contributed by atoms with E-state index in [2.05, 4.69) is 45.7 Å². The van der Waals surface area contributed by atoms with Crippen molar-refractivity contribution in [2.75, 3.05) is 0 Å². The van der Waals surface area contributed by atoms with Crippen LogP contribution in [0.3, 0.4) is 0 Å². The summed E-state index contributed by atoms with van der Waals surface area (Å²) in [5, 5.41) is 10.5. The maximum absolute atomic E-state index is 13.4. The van der Waals surface area contributed by atoms with Gasteiger partial charge in [0.25, 0.3) is 0 Å². The van der Waals surface area contributed by atoms with Gasteiger partial charge in [0.2, 0.25) is 0 Å². The first kappa shape index (κ1) is 32.1. The summed E-state index contributed by atoms with van der Waals surface area (Å²) in [6.07, 6.45) is 7.78. The monoisotopic (exact) mass is 605 g/mol. The summed E-state index contributed by atoms with van der Waals surface area (Å²) in [6.45, 7) is 10.7. The highest BCUT2D eigenvalue weighted by molar-refractivity contribution is 6.07. The Labute approximate surface area is 260 Å². The summed E-state index contributed by atoms with van der Waals surface area (Å²) >= 11 is 0. The summed E-state index contributed by atoms with van der Waals surface area (Å²) in [5.41, 5.74) is 6.83. The lowest BCUT2D eigenvalue weighted by Crippen LogP contribution is -2.18. The number of nitrogens with zero attached hydrogens (tertiary/aromatic N) is 2. The largest absolute Gasteiger partial charge is 0.453 e. The van der Waals surface area contributed by atoms with Crippen molar-refractivity contribution in [1.82, 2.24) is 4.98 Å². The Morgan fingerprint density at radius 1 is 0.932 bits per heavy atom. The molecule has 0 atom stereocenters. The van der Waals surface area contributed by atoms with Gasteiger partial charge in [-0.2, -0.15) is 18.4 Å². The molecule has 1 N–H and O–H groups in total. The molecule has 0 saturated heterocycles. The first-order valence-electron chi connectivity index (χ1n) is 16.6. The van der Waals surface area contributed by atoms with E-state index in [1.54, 1.807) is 0 Å². The third-order valence-corrected chi connectivity index (χ3v) is 9.66. The first-order chi connectivity index (χ1) is 21.0. The van der Waals surface area contributed by atoms with Crippen molar-refractivity contribution in [1.29, 1.82) is 5.26 Å². The summed E-state index contributed by atoms with van der Waals surface area (Å²) in [6, 6.07) is 7.42. The molecule has 1 aromatic carbocycles. The van der Waals surface area contributed by atoms with Gasteiger partial charge < -0.3 is 9.72 Å². The van der Waals surface area contributed by atoms with Crippen LogP contribution in [0.2, 0.25) is 0 Å². The van der Waals surface area contributed by atoms with Gasteiger partial charge in [0.1, 0.15) is 17.5 Å². The molecule has 0 unspecified atom stereocenters. The fourth-order valence-corrected chi connectivity index (χ4v) is 7.57. The number of aromatic amines is 1. The van der Waals surface area contributed by atoms with Crippen LogP contribution in [-0.2, 0) is 6.18 Å². The zero-order valence-electron chi connectivity index (χ0n) is 26.8. The molecule has 0 bridgehead atoms. The summed E-state index contributed by atoms with van der Waals surface area (Å²) in [5.74, 6) is 1.63. The quantitative estimate of drug-likeness (QED) is 0.304. The van der Waals surface area contributed by atoms with Crippen molar-refractivity contribution in [3.63, 3.8) is 0 Å². The molecule has 1 aliphatic heterocycles. The Kier molecular flexibility index (Phi) is 9.77. The van der Waals surface area contributed by atoms with Gasteiger partial charge in [-0.15, -0.1) is 0 Å². The highest BCUT2D eigenvalue weighted by Crippen LogP contribution is 2.46. The predicted octanol–water partition coefficient (Wildman–Crippen LogP) is 11.2. The number of aromatic nitrogens is 1. The van der Waals surface area contributed by atoms with Crippen LogP contribution in [-0.4, -0.2) is 10.7 Å². The van der Waals surface area contributed by atoms with Crippen LogP contribution < -0.4 is 4.74 Å². The highest BCUT2D eigenvalue weighted by Gasteiger charge is 2.36. The number of hydrogen-bond donors (Lipinski definition) is 1. The molecule has 2 saturated carbocycles. The molecule has 5 rings (SSSR count). The van der Waals surface area contributed by atoms with Crippen LogP contribution >= 0.6 is 0 Å². The van der Waals surface area contributed by atoms with Crippen LogP contribution in [0.4, 0.5) is 13.2 Å². The Morgan fingerprint density at radius 2 is 1.52 bits per heavy atom. The van der Waals surface area contributed by atoms with Gasteiger partial charge in [-0.1, -0.05) is 73.1 Å². The van der Waals surface area contributed by atoms with Crippen LogP contribution in [0.25, 0.3) is 5.76 Å². The number of rotatable bonds is 8. The van der Waals surface area contributed by atoms with E-state index in [0.29, 0.717) is 23.0 Å². The van der Waals surface area contributed by atoms with Crippen molar-refractivity contribution < 1.29 is 17.9 Å². The minimum atomic E-state index is -4.44. The summed E-state index contributed by atoms with van der Waals surface area (Å²) in [7, 11) is 0. The van der Waals surface area contributed by atoms with Gasteiger partial charge >= 0.3 is 6.18 Å². The molecule has 2 heterocycles. The fraction of sp³-hybridized carbons (Fsp3) is 0.568. The number of aliphatic imine (C=N–C) groups is 1. The van der Waals surface area contributed by atoms with Gasteiger partial charge in [-0.05, 0) is 79.4 Å². The molecule has 0 amide bonds. The maximum Gasteiger partial charge on any atom is 0.416 e. The molecule has 3 aliphatic rings. The molecule has 0 radical (unpaired) electrons. The Morgan fingerprint density at radius 3 is 2.02 bits per heavy atom. The number of allylic oxidation sites excluding steroid dienone is 2. The molecule has 0 spiro atoms. The fourth-order valence-electron chi connectivity index (χ4n) is 7.57. The number of ether oxygens (including phenoxy) is 1. The Bertz CT molecular complexity index is 1470. The normalized spacial score (nSPS) is 20.0. The van der Waals surface area contributed by atoms with E-state index in [-0.39, 0.29) is 17.8 Å². The minimum absolute atomic E-state index is 0.0142. The van der Waals surface area contributed by atoms with Crippen LogP contribution in [0.15, 0.2) is 46.1 Å².